The van der Waals surface area contributed by atoms with Crippen molar-refractivity contribution in [2.24, 2.45) is 11.3 Å². The number of hydrogen-bond donors (Lipinski definition) is 0. The van der Waals surface area contributed by atoms with Crippen molar-refractivity contribution in [1.82, 2.24) is 0 Å². The molecule has 0 heterocycles. The first-order chi connectivity index (χ1) is 11.3. The number of rotatable bonds is 2. The summed E-state index contributed by atoms with van der Waals surface area (Å²) in [5.74, 6) is 0.548. The molecule has 0 N–H and O–H groups in total. The van der Waals surface area contributed by atoms with Crippen LogP contribution in [0.1, 0.15) is 27.2 Å². The molecule has 0 radical (unpaired) electrons. The third kappa shape index (κ3) is 2.35. The molecule has 0 fully saturated rings. The zero-order valence-electron chi connectivity index (χ0n) is 16.3. The van der Waals surface area contributed by atoms with E-state index in [-0.39, 0.29) is 5.41 Å². The van der Waals surface area contributed by atoms with Crippen LogP contribution in [0.4, 0.5) is 0 Å². The van der Waals surface area contributed by atoms with Crippen LogP contribution >= 0.6 is 0 Å². The van der Waals surface area contributed by atoms with Gasteiger partial charge >= 0.3 is 158 Å². The van der Waals surface area contributed by atoms with E-state index in [4.69, 9.17) is 0 Å². The summed E-state index contributed by atoms with van der Waals surface area (Å²) in [6.07, 6.45) is 17.8. The molecule has 0 aromatic carbocycles. The molecule has 0 nitrogen and oxygen atoms in total. The van der Waals surface area contributed by atoms with Crippen molar-refractivity contribution in [2.75, 3.05) is 0 Å². The summed E-state index contributed by atoms with van der Waals surface area (Å²) in [6, 6.07) is 0. The van der Waals surface area contributed by atoms with Crippen LogP contribution in [0.5, 0.6) is 0 Å². The summed E-state index contributed by atoms with van der Waals surface area (Å²) in [7, 11) is -0.491. The third-order valence-corrected chi connectivity index (χ3v) is 17.9. The molecule has 3 aliphatic rings. The zero-order chi connectivity index (χ0) is 17.7. The van der Waals surface area contributed by atoms with E-state index in [1.165, 1.54) is 0 Å². The Kier molecular flexibility index (Phi) is 4.94. The van der Waals surface area contributed by atoms with Crippen LogP contribution in [-0.4, -0.2) is 13.6 Å². The van der Waals surface area contributed by atoms with Crippen molar-refractivity contribution in [3.8, 4) is 0 Å². The Hall–Kier alpha value is -0.343. The van der Waals surface area contributed by atoms with Crippen molar-refractivity contribution in [2.45, 2.75) is 52.8 Å². The monoisotopic (exact) mass is 503 g/mol. The molecular formula is C22H31HfSi. The maximum atomic E-state index is 2.65. The number of hydrogen-bond acceptors (Lipinski definition) is 0. The van der Waals surface area contributed by atoms with Gasteiger partial charge in [-0.05, 0) is 0 Å². The molecule has 127 valence electrons. The van der Waals surface area contributed by atoms with Crippen LogP contribution in [0, 0.1) is 11.3 Å². The minimum absolute atomic E-state index is 0.280. The standard InChI is InChI=1S/C20H25Si.2CH3.Hf/c1-14-10-6-9-13-16-17(14)19(21(4)5)20(2,3)18(16)15-11-7-8-12-15;;;/h6-11,13-14H,12H2,1-5H3;2*1H3;. The molecule has 0 bridgehead atoms. The second-order valence-electron chi connectivity index (χ2n) is 8.43. The molecule has 0 aromatic rings. The fourth-order valence-corrected chi connectivity index (χ4v) is 19.2. The molecule has 0 amide bonds. The Balaban J connectivity index is 2.42. The molecule has 0 saturated heterocycles. The average Bonchev–Trinajstić information content (AvgIpc) is 3.01. The van der Waals surface area contributed by atoms with E-state index in [2.05, 4.69) is 85.8 Å². The van der Waals surface area contributed by atoms with E-state index in [1.54, 1.807) is 16.7 Å². The summed E-state index contributed by atoms with van der Waals surface area (Å²) in [6.45, 7) is 12.6. The van der Waals surface area contributed by atoms with Gasteiger partial charge in [0.1, 0.15) is 0 Å². The van der Waals surface area contributed by atoms with E-state index in [9.17, 15) is 0 Å². The van der Waals surface area contributed by atoms with Gasteiger partial charge in [0.15, 0.2) is 0 Å². The summed E-state index contributed by atoms with van der Waals surface area (Å²) in [5, 5.41) is 1.82. The van der Waals surface area contributed by atoms with Gasteiger partial charge in [0, 0.05) is 0 Å². The van der Waals surface area contributed by atoms with Gasteiger partial charge in [-0.1, -0.05) is 0 Å². The molecule has 0 saturated carbocycles. The number of allylic oxidation sites excluding steroid dienone is 10. The summed E-state index contributed by atoms with van der Waals surface area (Å²) in [4.78, 5) is 0. The normalized spacial score (nSPS) is 30.5. The molecule has 0 aliphatic heterocycles. The summed E-state index contributed by atoms with van der Waals surface area (Å²) in [5.41, 5.74) is 5.41. The van der Waals surface area contributed by atoms with Gasteiger partial charge in [-0.3, -0.25) is 0 Å². The Morgan fingerprint density at radius 3 is 2.38 bits per heavy atom. The van der Waals surface area contributed by atoms with Crippen LogP contribution in [0.25, 0.3) is 0 Å². The molecule has 2 atom stereocenters. The maximum absolute atomic E-state index is 2.65. The molecule has 0 spiro atoms. The van der Waals surface area contributed by atoms with E-state index in [1.807, 2.05) is 5.17 Å². The molecule has 3 rings (SSSR count). The van der Waals surface area contributed by atoms with Gasteiger partial charge in [0.25, 0.3) is 0 Å². The second-order valence-corrected chi connectivity index (χ2v) is 20.8. The first-order valence-electron chi connectivity index (χ1n) is 9.21. The van der Waals surface area contributed by atoms with E-state index in [0.717, 1.165) is 6.42 Å². The zero-order valence-corrected chi connectivity index (χ0v) is 20.9. The van der Waals surface area contributed by atoms with Crippen LogP contribution < -0.4 is 0 Å². The van der Waals surface area contributed by atoms with Gasteiger partial charge in [-0.2, -0.15) is 0 Å². The predicted molar refractivity (Wildman–Crippen MR) is 107 cm³/mol. The van der Waals surface area contributed by atoms with Gasteiger partial charge in [0.2, 0.25) is 0 Å². The first-order valence-corrected chi connectivity index (χ1v) is 20.7. The fourth-order valence-electron chi connectivity index (χ4n) is 5.77. The predicted octanol–water partition coefficient (Wildman–Crippen LogP) is 6.35. The van der Waals surface area contributed by atoms with Crippen LogP contribution in [-0.2, 0) is 21.4 Å². The molecule has 3 aliphatic carbocycles. The molecule has 24 heavy (non-hydrogen) atoms. The third-order valence-electron chi connectivity index (χ3n) is 6.26. The molecular weight excluding hydrogens is 471 g/mol. The van der Waals surface area contributed by atoms with Gasteiger partial charge < -0.3 is 0 Å². The van der Waals surface area contributed by atoms with Crippen LogP contribution in [0.3, 0.4) is 0 Å². The topological polar surface area (TPSA) is 0 Å². The first kappa shape index (κ1) is 18.4. The average molecular weight is 502 g/mol. The quantitative estimate of drug-likeness (QED) is 0.387. The van der Waals surface area contributed by atoms with E-state index < -0.39 is 29.8 Å². The second kappa shape index (κ2) is 6.43. The van der Waals surface area contributed by atoms with Crippen molar-refractivity contribution in [1.29, 1.82) is 0 Å². The van der Waals surface area contributed by atoms with Gasteiger partial charge in [-0.15, -0.1) is 0 Å². The summed E-state index contributed by atoms with van der Waals surface area (Å²) >= 11 is -1.86. The minimum atomic E-state index is -1.86. The molecule has 2 heteroatoms. The Bertz CT molecular complexity index is 736. The van der Waals surface area contributed by atoms with E-state index in [0.29, 0.717) is 9.09 Å². The van der Waals surface area contributed by atoms with Gasteiger partial charge in [0.05, 0.1) is 0 Å². The SMILES string of the molecule is CC1C=CC=CC2=C1C(=[Si](C)C)C(C)(C)[C]2(C1=CC=CC1)[Hf]([CH3])[CH3]. The Morgan fingerprint density at radius 2 is 1.83 bits per heavy atom. The van der Waals surface area contributed by atoms with Crippen LogP contribution in [0.15, 0.2) is 59.3 Å². The van der Waals surface area contributed by atoms with Gasteiger partial charge in [-0.25, -0.2) is 0 Å². The fraction of sp³-hybridized carbons (Fsp3) is 0.500. The molecule has 0 aromatic heterocycles. The van der Waals surface area contributed by atoms with E-state index >= 15 is 0 Å². The Morgan fingerprint density at radius 1 is 1.12 bits per heavy atom. The molecule has 2 unspecified atom stereocenters. The van der Waals surface area contributed by atoms with Crippen molar-refractivity contribution < 1.29 is 21.4 Å². The van der Waals surface area contributed by atoms with Crippen molar-refractivity contribution in [3.63, 3.8) is 0 Å². The van der Waals surface area contributed by atoms with Crippen molar-refractivity contribution >= 4 is 13.6 Å². The summed E-state index contributed by atoms with van der Waals surface area (Å²) < 4.78 is 5.63. The van der Waals surface area contributed by atoms with Crippen LogP contribution in [0.2, 0.25) is 25.6 Å². The Labute approximate surface area is 157 Å². The van der Waals surface area contributed by atoms with Crippen molar-refractivity contribution in [3.05, 3.63) is 59.3 Å².